The van der Waals surface area contributed by atoms with Crippen LogP contribution >= 0.6 is 0 Å². The molecule has 0 heterocycles. The number of ether oxygens (including phenoxy) is 1. The van der Waals surface area contributed by atoms with E-state index in [9.17, 15) is 5.11 Å². The van der Waals surface area contributed by atoms with Crippen LogP contribution in [0.3, 0.4) is 0 Å². The Bertz CT molecular complexity index is 373. The molecular formula is C16H27NO2. The molecule has 1 atom stereocenters. The molecule has 1 aromatic rings. The Morgan fingerprint density at radius 1 is 1.37 bits per heavy atom. The predicted octanol–water partition coefficient (Wildman–Crippen LogP) is 3.07. The van der Waals surface area contributed by atoms with Crippen molar-refractivity contribution in [1.82, 2.24) is 0 Å². The van der Waals surface area contributed by atoms with Crippen molar-refractivity contribution in [2.75, 3.05) is 13.2 Å². The fraction of sp³-hybridized carbons (Fsp3) is 0.625. The van der Waals surface area contributed by atoms with Crippen LogP contribution < -0.4 is 10.5 Å². The molecule has 0 saturated heterocycles. The van der Waals surface area contributed by atoms with Gasteiger partial charge in [-0.3, -0.25) is 0 Å². The third-order valence-electron chi connectivity index (χ3n) is 3.62. The molecule has 0 spiro atoms. The molecule has 0 aliphatic rings. The molecule has 0 aliphatic heterocycles. The summed E-state index contributed by atoms with van der Waals surface area (Å²) in [5.74, 6) is 1.41. The molecule has 19 heavy (non-hydrogen) atoms. The number of hydrogen-bond donors (Lipinski definition) is 2. The van der Waals surface area contributed by atoms with Gasteiger partial charge in [0, 0.05) is 6.54 Å². The van der Waals surface area contributed by atoms with Crippen LogP contribution in [-0.2, 0) is 0 Å². The highest BCUT2D eigenvalue weighted by Gasteiger charge is 2.21. The van der Waals surface area contributed by atoms with Crippen molar-refractivity contribution < 1.29 is 9.84 Å². The van der Waals surface area contributed by atoms with Gasteiger partial charge >= 0.3 is 0 Å². The van der Waals surface area contributed by atoms with E-state index in [1.54, 1.807) is 0 Å². The van der Waals surface area contributed by atoms with Crippen LogP contribution in [0.1, 0.15) is 51.5 Å². The highest BCUT2D eigenvalue weighted by Crippen LogP contribution is 2.21. The van der Waals surface area contributed by atoms with Gasteiger partial charge in [-0.2, -0.15) is 0 Å². The van der Waals surface area contributed by atoms with Gasteiger partial charge in [-0.05, 0) is 42.9 Å². The van der Waals surface area contributed by atoms with Gasteiger partial charge in [0.25, 0.3) is 0 Å². The first-order valence-corrected chi connectivity index (χ1v) is 7.16. The van der Waals surface area contributed by atoms with Crippen molar-refractivity contribution in [1.29, 1.82) is 0 Å². The highest BCUT2D eigenvalue weighted by atomic mass is 16.5. The number of hydrogen-bond acceptors (Lipinski definition) is 3. The fourth-order valence-corrected chi connectivity index (χ4v) is 1.98. The lowest BCUT2D eigenvalue weighted by Gasteiger charge is -2.24. The summed E-state index contributed by atoms with van der Waals surface area (Å²) < 4.78 is 5.73. The zero-order chi connectivity index (χ0) is 14.3. The zero-order valence-corrected chi connectivity index (χ0v) is 12.4. The van der Waals surface area contributed by atoms with Crippen molar-refractivity contribution in [3.05, 3.63) is 29.8 Å². The molecule has 0 radical (unpaired) electrons. The molecule has 0 bridgehead atoms. The van der Waals surface area contributed by atoms with Gasteiger partial charge in [0.15, 0.2) is 0 Å². The van der Waals surface area contributed by atoms with E-state index in [4.69, 9.17) is 10.5 Å². The Kier molecular flexibility index (Phi) is 6.32. The monoisotopic (exact) mass is 265 g/mol. The Morgan fingerprint density at radius 2 is 2.11 bits per heavy atom. The standard InChI is InChI=1S/C16H27NO2/c1-4-16(18,12-17)9-6-10-19-15-8-5-7-14(11-15)13(2)3/h5,7-8,11,13,18H,4,6,9-10,12,17H2,1-3H3. The largest absolute Gasteiger partial charge is 0.494 e. The number of rotatable bonds is 8. The molecule has 0 aromatic heterocycles. The second kappa shape index (κ2) is 7.51. The van der Waals surface area contributed by atoms with E-state index in [-0.39, 0.29) is 0 Å². The van der Waals surface area contributed by atoms with Gasteiger partial charge in [-0.1, -0.05) is 32.9 Å². The van der Waals surface area contributed by atoms with Crippen LogP contribution in [0.15, 0.2) is 24.3 Å². The van der Waals surface area contributed by atoms with E-state index >= 15 is 0 Å². The van der Waals surface area contributed by atoms with Crippen LogP contribution in [0.25, 0.3) is 0 Å². The van der Waals surface area contributed by atoms with E-state index in [1.807, 2.05) is 19.1 Å². The molecule has 1 rings (SSSR count). The highest BCUT2D eigenvalue weighted by molar-refractivity contribution is 5.30. The van der Waals surface area contributed by atoms with Crippen molar-refractivity contribution in [3.8, 4) is 5.75 Å². The first-order valence-electron chi connectivity index (χ1n) is 7.16. The normalized spacial score (nSPS) is 14.4. The molecule has 3 nitrogen and oxygen atoms in total. The minimum absolute atomic E-state index is 0.312. The summed E-state index contributed by atoms with van der Waals surface area (Å²) in [6.07, 6.45) is 2.18. The van der Waals surface area contributed by atoms with Crippen molar-refractivity contribution in [2.45, 2.75) is 51.6 Å². The summed E-state index contributed by atoms with van der Waals surface area (Å²) in [7, 11) is 0. The number of benzene rings is 1. The topological polar surface area (TPSA) is 55.5 Å². The van der Waals surface area contributed by atoms with Crippen LogP contribution in [0.4, 0.5) is 0 Å². The zero-order valence-electron chi connectivity index (χ0n) is 12.4. The van der Waals surface area contributed by atoms with Crippen molar-refractivity contribution in [2.24, 2.45) is 5.73 Å². The van der Waals surface area contributed by atoms with E-state index in [0.29, 0.717) is 31.9 Å². The molecule has 3 heteroatoms. The first-order chi connectivity index (χ1) is 9.00. The Balaban J connectivity index is 2.39. The summed E-state index contributed by atoms with van der Waals surface area (Å²) in [6.45, 7) is 7.22. The lowest BCUT2D eigenvalue weighted by molar-refractivity contribution is 0.0309. The summed E-state index contributed by atoms with van der Waals surface area (Å²) in [5.41, 5.74) is 6.12. The molecular weight excluding hydrogens is 238 g/mol. The van der Waals surface area contributed by atoms with Crippen LogP contribution in [0.5, 0.6) is 5.75 Å². The maximum Gasteiger partial charge on any atom is 0.119 e. The van der Waals surface area contributed by atoms with Crippen molar-refractivity contribution in [3.63, 3.8) is 0 Å². The Labute approximate surface area is 116 Å². The SMILES string of the molecule is CCC(O)(CN)CCCOc1cccc(C(C)C)c1. The summed E-state index contributed by atoms with van der Waals surface area (Å²) >= 11 is 0. The lowest BCUT2D eigenvalue weighted by atomic mass is 9.95. The average Bonchev–Trinajstić information content (AvgIpc) is 2.43. The maximum atomic E-state index is 10.1. The molecule has 0 saturated carbocycles. The summed E-state index contributed by atoms with van der Waals surface area (Å²) in [5, 5.41) is 10.1. The van der Waals surface area contributed by atoms with Gasteiger partial charge < -0.3 is 15.6 Å². The molecule has 0 amide bonds. The molecule has 3 N–H and O–H groups in total. The van der Waals surface area contributed by atoms with Gasteiger partial charge in [-0.15, -0.1) is 0 Å². The minimum Gasteiger partial charge on any atom is -0.494 e. The number of nitrogens with two attached hydrogens (primary N) is 1. The lowest BCUT2D eigenvalue weighted by Crippen LogP contribution is -2.37. The van der Waals surface area contributed by atoms with Crippen LogP contribution in [0.2, 0.25) is 0 Å². The van der Waals surface area contributed by atoms with Gasteiger partial charge in [0.1, 0.15) is 5.75 Å². The van der Waals surface area contributed by atoms with Gasteiger partial charge in [0.05, 0.1) is 12.2 Å². The quantitative estimate of drug-likeness (QED) is 0.710. The molecule has 1 aromatic carbocycles. The second-order valence-electron chi connectivity index (χ2n) is 5.46. The summed E-state index contributed by atoms with van der Waals surface area (Å²) in [6, 6.07) is 8.19. The second-order valence-corrected chi connectivity index (χ2v) is 5.46. The molecule has 108 valence electrons. The third kappa shape index (κ3) is 5.21. The van der Waals surface area contributed by atoms with Gasteiger partial charge in [0.2, 0.25) is 0 Å². The van der Waals surface area contributed by atoms with E-state index in [2.05, 4.69) is 26.0 Å². The molecule has 1 unspecified atom stereocenters. The Hall–Kier alpha value is -1.06. The molecule has 0 fully saturated rings. The maximum absolute atomic E-state index is 10.1. The molecule has 0 aliphatic carbocycles. The van der Waals surface area contributed by atoms with E-state index in [1.165, 1.54) is 5.56 Å². The van der Waals surface area contributed by atoms with Gasteiger partial charge in [-0.25, -0.2) is 0 Å². The van der Waals surface area contributed by atoms with Crippen LogP contribution in [0, 0.1) is 0 Å². The van der Waals surface area contributed by atoms with Crippen LogP contribution in [-0.4, -0.2) is 23.9 Å². The third-order valence-corrected chi connectivity index (χ3v) is 3.62. The smallest absolute Gasteiger partial charge is 0.119 e. The van der Waals surface area contributed by atoms with Crippen molar-refractivity contribution >= 4 is 0 Å². The van der Waals surface area contributed by atoms with E-state index < -0.39 is 5.60 Å². The summed E-state index contributed by atoms with van der Waals surface area (Å²) in [4.78, 5) is 0. The Morgan fingerprint density at radius 3 is 2.68 bits per heavy atom. The number of aliphatic hydroxyl groups is 1. The average molecular weight is 265 g/mol. The van der Waals surface area contributed by atoms with E-state index in [0.717, 1.165) is 12.2 Å². The fourth-order valence-electron chi connectivity index (χ4n) is 1.98. The minimum atomic E-state index is -0.733. The predicted molar refractivity (Wildman–Crippen MR) is 79.6 cm³/mol. The first kappa shape index (κ1) is 16.0.